The Bertz CT molecular complexity index is 739. The minimum absolute atomic E-state index is 0.182. The number of hydrogen-bond acceptors (Lipinski definition) is 2. The molecule has 3 heteroatoms. The monoisotopic (exact) mass is 334 g/mol. The third-order valence-electron chi connectivity index (χ3n) is 5.04. The van der Waals surface area contributed by atoms with Crippen molar-refractivity contribution < 1.29 is 4.79 Å². The molecule has 1 saturated carbocycles. The van der Waals surface area contributed by atoms with Crippen molar-refractivity contribution >= 4 is 11.6 Å². The molecule has 0 radical (unpaired) electrons. The fourth-order valence-electron chi connectivity index (χ4n) is 3.40. The van der Waals surface area contributed by atoms with E-state index in [9.17, 15) is 4.79 Å². The van der Waals surface area contributed by atoms with Crippen molar-refractivity contribution in [3.8, 4) is 0 Å². The van der Waals surface area contributed by atoms with E-state index in [0.717, 1.165) is 16.8 Å². The number of rotatable bonds is 4. The van der Waals surface area contributed by atoms with Crippen molar-refractivity contribution in [3.63, 3.8) is 0 Å². The van der Waals surface area contributed by atoms with Crippen LogP contribution < -0.4 is 5.43 Å². The van der Waals surface area contributed by atoms with Gasteiger partial charge >= 0.3 is 0 Å². The van der Waals surface area contributed by atoms with Crippen LogP contribution in [0.15, 0.2) is 53.6 Å². The Labute approximate surface area is 150 Å². The first-order chi connectivity index (χ1) is 12.1. The summed E-state index contributed by atoms with van der Waals surface area (Å²) in [5.74, 6) is 0.527. The molecule has 0 heterocycles. The van der Waals surface area contributed by atoms with E-state index in [4.69, 9.17) is 0 Å². The lowest BCUT2D eigenvalue weighted by molar-refractivity contribution is 0.0955. The number of carbonyl (C=O) groups is 1. The van der Waals surface area contributed by atoms with E-state index in [1.165, 1.54) is 37.7 Å². The number of nitrogens with one attached hydrogen (secondary N) is 1. The fraction of sp³-hybridized carbons (Fsp3) is 0.364. The zero-order valence-electron chi connectivity index (χ0n) is 15.1. The Morgan fingerprint density at radius 1 is 0.920 bits per heavy atom. The minimum atomic E-state index is -0.182. The quantitative estimate of drug-likeness (QED) is 0.606. The summed E-state index contributed by atoms with van der Waals surface area (Å²) in [5.41, 5.74) is 7.69. The van der Waals surface area contributed by atoms with E-state index < -0.39 is 0 Å². The summed E-state index contributed by atoms with van der Waals surface area (Å²) in [5, 5.41) is 4.25. The van der Waals surface area contributed by atoms with Crippen LogP contribution in [-0.4, -0.2) is 11.6 Å². The van der Waals surface area contributed by atoms with Crippen molar-refractivity contribution in [2.45, 2.75) is 51.9 Å². The van der Waals surface area contributed by atoms with Gasteiger partial charge in [0.1, 0.15) is 0 Å². The number of aryl methyl sites for hydroxylation is 1. The topological polar surface area (TPSA) is 41.5 Å². The molecule has 130 valence electrons. The molecule has 0 aromatic heterocycles. The maximum atomic E-state index is 12.1. The van der Waals surface area contributed by atoms with Gasteiger partial charge in [0, 0.05) is 5.56 Å². The first-order valence-electron chi connectivity index (χ1n) is 9.15. The highest BCUT2D eigenvalue weighted by atomic mass is 16.2. The zero-order chi connectivity index (χ0) is 17.6. The van der Waals surface area contributed by atoms with Crippen molar-refractivity contribution in [1.82, 2.24) is 5.43 Å². The molecule has 0 aliphatic heterocycles. The molecule has 1 fully saturated rings. The van der Waals surface area contributed by atoms with Crippen molar-refractivity contribution in [1.29, 1.82) is 0 Å². The van der Waals surface area contributed by atoms with Crippen molar-refractivity contribution in [2.75, 3.05) is 0 Å². The minimum Gasteiger partial charge on any atom is -0.267 e. The predicted octanol–water partition coefficient (Wildman–Crippen LogP) is 5.20. The van der Waals surface area contributed by atoms with Crippen LogP contribution in [0.25, 0.3) is 0 Å². The highest BCUT2D eigenvalue weighted by molar-refractivity contribution is 6.00. The molecule has 2 aromatic carbocycles. The first-order valence-corrected chi connectivity index (χ1v) is 9.15. The van der Waals surface area contributed by atoms with Crippen LogP contribution in [-0.2, 0) is 0 Å². The van der Waals surface area contributed by atoms with Gasteiger partial charge in [-0.2, -0.15) is 5.10 Å². The number of nitrogens with zero attached hydrogens (tertiary/aromatic N) is 1. The average molecular weight is 334 g/mol. The molecule has 0 unspecified atom stereocenters. The largest absolute Gasteiger partial charge is 0.271 e. The molecule has 1 aliphatic rings. The molecule has 3 rings (SSSR count). The molecule has 25 heavy (non-hydrogen) atoms. The number of amides is 1. The van der Waals surface area contributed by atoms with Gasteiger partial charge in [-0.15, -0.1) is 0 Å². The van der Waals surface area contributed by atoms with Gasteiger partial charge in [-0.1, -0.05) is 61.2 Å². The van der Waals surface area contributed by atoms with E-state index in [1.807, 2.05) is 38.1 Å². The Kier molecular flexibility index (Phi) is 5.64. The smallest absolute Gasteiger partial charge is 0.267 e. The summed E-state index contributed by atoms with van der Waals surface area (Å²) in [6, 6.07) is 16.1. The van der Waals surface area contributed by atoms with E-state index in [0.29, 0.717) is 11.5 Å². The fourth-order valence-corrected chi connectivity index (χ4v) is 3.40. The third-order valence-corrected chi connectivity index (χ3v) is 5.04. The van der Waals surface area contributed by atoms with Crippen molar-refractivity contribution in [3.05, 3.63) is 70.8 Å². The predicted molar refractivity (Wildman–Crippen MR) is 103 cm³/mol. The Morgan fingerprint density at radius 2 is 1.52 bits per heavy atom. The highest BCUT2D eigenvalue weighted by Crippen LogP contribution is 2.32. The molecule has 0 bridgehead atoms. The van der Waals surface area contributed by atoms with Crippen LogP contribution in [0, 0.1) is 6.92 Å². The maximum absolute atomic E-state index is 12.1. The molecule has 1 N–H and O–H groups in total. The van der Waals surface area contributed by atoms with Gasteiger partial charge in [0.15, 0.2) is 0 Å². The molecule has 1 aliphatic carbocycles. The average Bonchev–Trinajstić information content (AvgIpc) is 2.67. The van der Waals surface area contributed by atoms with Crippen LogP contribution >= 0.6 is 0 Å². The summed E-state index contributed by atoms with van der Waals surface area (Å²) >= 11 is 0. The third kappa shape index (κ3) is 4.56. The van der Waals surface area contributed by atoms with Gasteiger partial charge in [0.2, 0.25) is 0 Å². The summed E-state index contributed by atoms with van der Waals surface area (Å²) in [4.78, 5) is 12.1. The number of benzene rings is 2. The molecule has 3 nitrogen and oxygen atoms in total. The molecule has 0 atom stereocenters. The van der Waals surface area contributed by atoms with Gasteiger partial charge < -0.3 is 0 Å². The second-order valence-electron chi connectivity index (χ2n) is 6.96. The number of hydrazone groups is 1. The lowest BCUT2D eigenvalue weighted by Gasteiger charge is -2.22. The molecule has 0 spiro atoms. The Morgan fingerprint density at radius 3 is 2.16 bits per heavy atom. The van der Waals surface area contributed by atoms with Crippen LogP contribution in [0.5, 0.6) is 0 Å². The Balaban J connectivity index is 1.63. The molecular weight excluding hydrogens is 308 g/mol. The van der Waals surface area contributed by atoms with Gasteiger partial charge in [-0.3, -0.25) is 4.79 Å². The van der Waals surface area contributed by atoms with Crippen LogP contribution in [0.4, 0.5) is 0 Å². The summed E-state index contributed by atoms with van der Waals surface area (Å²) in [6.45, 7) is 3.92. The summed E-state index contributed by atoms with van der Waals surface area (Å²) in [6.07, 6.45) is 6.68. The van der Waals surface area contributed by atoms with Crippen LogP contribution in [0.2, 0.25) is 0 Å². The van der Waals surface area contributed by atoms with E-state index in [2.05, 4.69) is 34.8 Å². The lowest BCUT2D eigenvalue weighted by atomic mass is 9.84. The standard InChI is InChI=1S/C22H26N2O/c1-16-8-10-21(11-9-16)22(25)24-23-17(2)18-12-14-20(15-13-18)19-6-4-3-5-7-19/h8-15,19H,3-7H2,1-2H3,(H,24,25). The highest BCUT2D eigenvalue weighted by Gasteiger charge is 2.15. The second kappa shape index (κ2) is 8.11. The number of carbonyl (C=O) groups excluding carboxylic acids is 1. The van der Waals surface area contributed by atoms with E-state index >= 15 is 0 Å². The van der Waals surface area contributed by atoms with Crippen molar-refractivity contribution in [2.24, 2.45) is 5.10 Å². The van der Waals surface area contributed by atoms with Gasteiger partial charge in [0.25, 0.3) is 5.91 Å². The van der Waals surface area contributed by atoms with Crippen LogP contribution in [0.3, 0.4) is 0 Å². The molecule has 1 amide bonds. The first kappa shape index (κ1) is 17.4. The van der Waals surface area contributed by atoms with Gasteiger partial charge in [0.05, 0.1) is 5.71 Å². The maximum Gasteiger partial charge on any atom is 0.271 e. The van der Waals surface area contributed by atoms with Gasteiger partial charge in [-0.05, 0) is 55.9 Å². The summed E-state index contributed by atoms with van der Waals surface area (Å²) in [7, 11) is 0. The molecular formula is C22H26N2O. The number of hydrogen-bond donors (Lipinski definition) is 1. The second-order valence-corrected chi connectivity index (χ2v) is 6.96. The SMILES string of the molecule is CC(=NNC(=O)c1ccc(C)cc1)c1ccc(C2CCCCC2)cc1. The molecule has 0 saturated heterocycles. The normalized spacial score (nSPS) is 15.8. The van der Waals surface area contributed by atoms with Crippen LogP contribution in [0.1, 0.15) is 72.0 Å². The Hall–Kier alpha value is -2.42. The lowest BCUT2D eigenvalue weighted by Crippen LogP contribution is -2.19. The molecule has 2 aromatic rings. The van der Waals surface area contributed by atoms with E-state index in [-0.39, 0.29) is 5.91 Å². The zero-order valence-corrected chi connectivity index (χ0v) is 15.1. The van der Waals surface area contributed by atoms with E-state index in [1.54, 1.807) is 0 Å². The summed E-state index contributed by atoms with van der Waals surface area (Å²) < 4.78 is 0. The van der Waals surface area contributed by atoms with Gasteiger partial charge in [-0.25, -0.2) is 5.43 Å².